The Morgan fingerprint density at radius 2 is 2.05 bits per heavy atom. The molecule has 1 aromatic carbocycles. The van der Waals surface area contributed by atoms with Crippen LogP contribution < -0.4 is 10.6 Å². The van der Waals surface area contributed by atoms with E-state index < -0.39 is 0 Å². The van der Waals surface area contributed by atoms with Crippen LogP contribution in [0.25, 0.3) is 0 Å². The molecule has 0 saturated heterocycles. The van der Waals surface area contributed by atoms with Gasteiger partial charge < -0.3 is 10.6 Å². The summed E-state index contributed by atoms with van der Waals surface area (Å²) in [5.74, 6) is 0.689. The van der Waals surface area contributed by atoms with E-state index >= 15 is 0 Å². The molecule has 0 unspecified atom stereocenters. The van der Waals surface area contributed by atoms with E-state index in [9.17, 15) is 0 Å². The average Bonchev–Trinajstić information content (AvgIpc) is 2.37. The highest BCUT2D eigenvalue weighted by Crippen LogP contribution is 2.24. The molecule has 0 aliphatic heterocycles. The number of rotatable bonds is 2. The van der Waals surface area contributed by atoms with Gasteiger partial charge in [-0.05, 0) is 55.6 Å². The van der Waals surface area contributed by atoms with Gasteiger partial charge in [0.1, 0.15) is 0 Å². The van der Waals surface area contributed by atoms with Crippen molar-refractivity contribution in [2.75, 3.05) is 5.32 Å². The fraction of sp³-hybridized carbons (Fsp3) is 0.533. The van der Waals surface area contributed by atoms with E-state index in [-0.39, 0.29) is 0 Å². The topological polar surface area (TPSA) is 24.1 Å². The minimum atomic E-state index is 0.494. The minimum Gasteiger partial charge on any atom is -0.359 e. The normalized spacial score (nSPS) is 22.9. The Kier molecular flexibility index (Phi) is 5.06. The molecule has 2 nitrogen and oxygen atoms in total. The molecule has 104 valence electrons. The van der Waals surface area contributed by atoms with Crippen LogP contribution in [-0.2, 0) is 0 Å². The predicted octanol–water partition coefficient (Wildman–Crippen LogP) is 4.51. The molecular formula is C15H21ClN2S. The molecule has 0 radical (unpaired) electrons. The summed E-state index contributed by atoms with van der Waals surface area (Å²) in [6, 6.07) is 6.29. The van der Waals surface area contributed by atoms with Crippen molar-refractivity contribution in [3.63, 3.8) is 0 Å². The van der Waals surface area contributed by atoms with Crippen LogP contribution in [0.1, 0.15) is 38.2 Å². The van der Waals surface area contributed by atoms with Crippen LogP contribution >= 0.6 is 23.8 Å². The van der Waals surface area contributed by atoms with Crippen molar-refractivity contribution in [2.24, 2.45) is 5.92 Å². The molecule has 0 heterocycles. The van der Waals surface area contributed by atoms with Crippen LogP contribution in [0.2, 0.25) is 5.02 Å². The Morgan fingerprint density at radius 1 is 1.32 bits per heavy atom. The summed E-state index contributed by atoms with van der Waals surface area (Å²) < 4.78 is 0. The molecule has 1 saturated carbocycles. The van der Waals surface area contributed by atoms with Gasteiger partial charge in [-0.15, -0.1) is 0 Å². The largest absolute Gasteiger partial charge is 0.359 e. The molecule has 19 heavy (non-hydrogen) atoms. The van der Waals surface area contributed by atoms with Gasteiger partial charge in [0, 0.05) is 16.8 Å². The number of halogens is 1. The fourth-order valence-corrected chi connectivity index (χ4v) is 3.02. The Balaban J connectivity index is 1.95. The summed E-state index contributed by atoms with van der Waals surface area (Å²) in [5, 5.41) is 8.12. The van der Waals surface area contributed by atoms with E-state index in [0.29, 0.717) is 17.1 Å². The first-order chi connectivity index (χ1) is 9.06. The Bertz CT molecular complexity index is 461. The second-order valence-electron chi connectivity index (χ2n) is 5.43. The summed E-state index contributed by atoms with van der Waals surface area (Å²) in [6.07, 6.45) is 5.13. The van der Waals surface area contributed by atoms with E-state index in [0.717, 1.165) is 16.3 Å². The van der Waals surface area contributed by atoms with Crippen molar-refractivity contribution in [2.45, 2.75) is 45.6 Å². The van der Waals surface area contributed by atoms with Crippen molar-refractivity contribution >= 4 is 34.6 Å². The van der Waals surface area contributed by atoms with Gasteiger partial charge >= 0.3 is 0 Å². The standard InChI is InChI=1S/C15H21ClN2S/c1-10-5-3-4-6-13(10)17-15(19)18-14-9-12(16)8-7-11(14)2/h7-10,13H,3-6H2,1-2H3,(H2,17,18,19)/t10-,13-/m0/s1. The average molecular weight is 297 g/mol. The Morgan fingerprint density at radius 3 is 2.79 bits per heavy atom. The molecule has 1 aliphatic rings. The maximum absolute atomic E-state index is 6.01. The molecule has 0 bridgehead atoms. The molecule has 1 fully saturated rings. The van der Waals surface area contributed by atoms with Gasteiger partial charge in [0.2, 0.25) is 0 Å². The predicted molar refractivity (Wildman–Crippen MR) is 87.0 cm³/mol. The lowest BCUT2D eigenvalue weighted by atomic mass is 9.86. The second-order valence-corrected chi connectivity index (χ2v) is 6.27. The number of hydrogen-bond acceptors (Lipinski definition) is 1. The van der Waals surface area contributed by atoms with Crippen LogP contribution in [0.15, 0.2) is 18.2 Å². The molecule has 4 heteroatoms. The maximum Gasteiger partial charge on any atom is 0.171 e. The first-order valence-electron chi connectivity index (χ1n) is 6.90. The zero-order valence-electron chi connectivity index (χ0n) is 11.5. The third-order valence-electron chi connectivity index (χ3n) is 3.88. The van der Waals surface area contributed by atoms with Gasteiger partial charge in [0.15, 0.2) is 5.11 Å². The van der Waals surface area contributed by atoms with Gasteiger partial charge in [0.25, 0.3) is 0 Å². The van der Waals surface area contributed by atoms with E-state index in [1.807, 2.05) is 25.1 Å². The van der Waals surface area contributed by atoms with Crippen molar-refractivity contribution < 1.29 is 0 Å². The van der Waals surface area contributed by atoms with Crippen LogP contribution in [0.5, 0.6) is 0 Å². The first kappa shape index (κ1) is 14.6. The lowest BCUT2D eigenvalue weighted by Crippen LogP contribution is -2.43. The van der Waals surface area contributed by atoms with E-state index in [4.69, 9.17) is 23.8 Å². The highest BCUT2D eigenvalue weighted by atomic mass is 35.5. The maximum atomic E-state index is 6.01. The summed E-state index contributed by atoms with van der Waals surface area (Å²) in [5.41, 5.74) is 2.12. The molecule has 1 aromatic rings. The van der Waals surface area contributed by atoms with Gasteiger partial charge in [-0.3, -0.25) is 0 Å². The van der Waals surface area contributed by atoms with Crippen LogP contribution in [0.4, 0.5) is 5.69 Å². The monoisotopic (exact) mass is 296 g/mol. The molecule has 2 atom stereocenters. The van der Waals surface area contributed by atoms with E-state index in [2.05, 4.69) is 17.6 Å². The number of benzene rings is 1. The number of thiocarbonyl (C=S) groups is 1. The lowest BCUT2D eigenvalue weighted by Gasteiger charge is -2.30. The van der Waals surface area contributed by atoms with Gasteiger partial charge in [-0.2, -0.15) is 0 Å². The second kappa shape index (κ2) is 6.58. The summed E-state index contributed by atoms with van der Waals surface area (Å²) in [7, 11) is 0. The summed E-state index contributed by atoms with van der Waals surface area (Å²) in [6.45, 7) is 4.34. The minimum absolute atomic E-state index is 0.494. The molecule has 1 aliphatic carbocycles. The molecule has 0 spiro atoms. The van der Waals surface area contributed by atoms with Gasteiger partial charge in [0.05, 0.1) is 0 Å². The number of anilines is 1. The smallest absolute Gasteiger partial charge is 0.171 e. The molecule has 2 rings (SSSR count). The van der Waals surface area contributed by atoms with Crippen LogP contribution in [0, 0.1) is 12.8 Å². The van der Waals surface area contributed by atoms with Gasteiger partial charge in [-0.1, -0.05) is 37.4 Å². The zero-order valence-corrected chi connectivity index (χ0v) is 13.1. The SMILES string of the molecule is Cc1ccc(Cl)cc1NC(=S)N[C@H]1CCCC[C@@H]1C. The van der Waals surface area contributed by atoms with Crippen molar-refractivity contribution in [1.29, 1.82) is 0 Å². The summed E-state index contributed by atoms with van der Waals surface area (Å²) in [4.78, 5) is 0. The molecule has 0 aromatic heterocycles. The quantitative estimate of drug-likeness (QED) is 0.785. The van der Waals surface area contributed by atoms with E-state index in [1.54, 1.807) is 0 Å². The van der Waals surface area contributed by atoms with Crippen molar-refractivity contribution in [3.05, 3.63) is 28.8 Å². The third kappa shape index (κ3) is 4.08. The molecular weight excluding hydrogens is 276 g/mol. The fourth-order valence-electron chi connectivity index (χ4n) is 2.59. The van der Waals surface area contributed by atoms with E-state index in [1.165, 1.54) is 25.7 Å². The number of hydrogen-bond donors (Lipinski definition) is 2. The third-order valence-corrected chi connectivity index (χ3v) is 4.33. The van der Waals surface area contributed by atoms with Gasteiger partial charge in [-0.25, -0.2) is 0 Å². The lowest BCUT2D eigenvalue weighted by molar-refractivity contribution is 0.309. The first-order valence-corrected chi connectivity index (χ1v) is 7.68. The highest BCUT2D eigenvalue weighted by molar-refractivity contribution is 7.80. The Hall–Kier alpha value is -0.800. The van der Waals surface area contributed by atoms with Crippen molar-refractivity contribution in [1.82, 2.24) is 5.32 Å². The number of aryl methyl sites for hydroxylation is 1. The highest BCUT2D eigenvalue weighted by Gasteiger charge is 2.21. The summed E-state index contributed by atoms with van der Waals surface area (Å²) >= 11 is 11.4. The van der Waals surface area contributed by atoms with Crippen LogP contribution in [0.3, 0.4) is 0 Å². The molecule has 2 N–H and O–H groups in total. The van der Waals surface area contributed by atoms with Crippen LogP contribution in [-0.4, -0.2) is 11.2 Å². The van der Waals surface area contributed by atoms with Crippen molar-refractivity contribution in [3.8, 4) is 0 Å². The number of nitrogens with one attached hydrogen (secondary N) is 2. The Labute approximate surface area is 125 Å². The molecule has 0 amide bonds. The zero-order chi connectivity index (χ0) is 13.8.